The summed E-state index contributed by atoms with van der Waals surface area (Å²) in [6.45, 7) is 0. The van der Waals surface area contributed by atoms with E-state index in [-0.39, 0.29) is 0 Å². The first-order valence-corrected chi connectivity index (χ1v) is 13.6. The Morgan fingerprint density at radius 2 is 1.05 bits per heavy atom. The molecule has 2 heteroatoms. The number of hydrogen-bond acceptors (Lipinski definition) is 1. The Morgan fingerprint density at radius 1 is 0.395 bits per heavy atom. The second-order valence-corrected chi connectivity index (χ2v) is 10.5. The van der Waals surface area contributed by atoms with Gasteiger partial charge in [-0.15, -0.1) is 0 Å². The summed E-state index contributed by atoms with van der Waals surface area (Å²) in [5.41, 5.74) is 5.91. The lowest BCUT2D eigenvalue weighted by Gasteiger charge is -2.27. The molecule has 0 aliphatic carbocycles. The van der Waals surface area contributed by atoms with Gasteiger partial charge in [-0.05, 0) is 86.6 Å². The van der Waals surface area contributed by atoms with E-state index in [4.69, 9.17) is 0 Å². The molecule has 0 heterocycles. The number of halogens is 1. The molecule has 7 aromatic carbocycles. The quantitative estimate of drug-likeness (QED) is 0.197. The van der Waals surface area contributed by atoms with Gasteiger partial charge in [0.1, 0.15) is 0 Å². The minimum Gasteiger partial charge on any atom is -0.310 e. The maximum atomic E-state index is 3.54. The Kier molecular flexibility index (Phi) is 5.68. The first kappa shape index (κ1) is 22.8. The average Bonchev–Trinajstić information content (AvgIpc) is 2.98. The zero-order valence-corrected chi connectivity index (χ0v) is 22.3. The molecule has 0 unspecified atom stereocenters. The summed E-state index contributed by atoms with van der Waals surface area (Å²) in [6.07, 6.45) is 0. The van der Waals surface area contributed by atoms with Gasteiger partial charge in [0.2, 0.25) is 0 Å². The van der Waals surface area contributed by atoms with Crippen molar-refractivity contribution in [2.24, 2.45) is 0 Å². The first-order chi connectivity index (χ1) is 18.7. The van der Waals surface area contributed by atoms with Crippen molar-refractivity contribution in [3.8, 4) is 11.1 Å². The molecular weight excluding hydrogens is 526 g/mol. The molecule has 0 spiro atoms. The van der Waals surface area contributed by atoms with E-state index in [1.54, 1.807) is 0 Å². The smallest absolute Gasteiger partial charge is 0.0540 e. The van der Waals surface area contributed by atoms with Gasteiger partial charge < -0.3 is 4.90 Å². The minimum absolute atomic E-state index is 1.09. The highest BCUT2D eigenvalue weighted by Gasteiger charge is 2.16. The Labute approximate surface area is 230 Å². The highest BCUT2D eigenvalue weighted by Crippen LogP contribution is 2.40. The lowest BCUT2D eigenvalue weighted by Crippen LogP contribution is -2.10. The Hall–Kier alpha value is -4.40. The number of anilines is 3. The fraction of sp³-hybridized carbons (Fsp3) is 0. The van der Waals surface area contributed by atoms with Crippen molar-refractivity contribution >= 4 is 65.3 Å². The third kappa shape index (κ3) is 4.04. The summed E-state index contributed by atoms with van der Waals surface area (Å²) in [6, 6.07) is 52.4. The summed E-state index contributed by atoms with van der Waals surface area (Å²) in [7, 11) is 0. The van der Waals surface area contributed by atoms with E-state index in [1.807, 2.05) is 0 Å². The standard InChI is InChI=1S/C36H24BrN/c37-30-18-15-25(16-19-30)27-17-21-33-28(23-27)13-14-29-24-32(20-22-34(29)33)38(31-9-2-1-3-10-31)36-12-6-8-26-7-4-5-11-35(26)36/h1-24H. The van der Waals surface area contributed by atoms with Crippen molar-refractivity contribution in [3.63, 3.8) is 0 Å². The molecule has 0 saturated heterocycles. The molecule has 38 heavy (non-hydrogen) atoms. The second-order valence-electron chi connectivity index (χ2n) is 9.58. The Bertz CT molecular complexity index is 1920. The summed E-state index contributed by atoms with van der Waals surface area (Å²) >= 11 is 3.54. The third-order valence-electron chi connectivity index (χ3n) is 7.28. The summed E-state index contributed by atoms with van der Waals surface area (Å²) in [5.74, 6) is 0. The first-order valence-electron chi connectivity index (χ1n) is 12.8. The van der Waals surface area contributed by atoms with E-state index >= 15 is 0 Å². The SMILES string of the molecule is Brc1ccc(-c2ccc3c(ccc4cc(N(c5ccccc5)c5cccc6ccccc56)ccc43)c2)cc1. The molecule has 1 nitrogen and oxygen atoms in total. The predicted molar refractivity (Wildman–Crippen MR) is 167 cm³/mol. The lowest BCUT2D eigenvalue weighted by molar-refractivity contribution is 1.30. The fourth-order valence-corrected chi connectivity index (χ4v) is 5.69. The van der Waals surface area contributed by atoms with Crippen molar-refractivity contribution in [2.45, 2.75) is 0 Å². The maximum absolute atomic E-state index is 3.54. The lowest BCUT2D eigenvalue weighted by atomic mass is 9.97. The Balaban J connectivity index is 1.38. The Morgan fingerprint density at radius 3 is 1.87 bits per heavy atom. The fourth-order valence-electron chi connectivity index (χ4n) is 5.43. The van der Waals surface area contributed by atoms with E-state index in [2.05, 4.69) is 166 Å². The number of benzene rings is 7. The molecule has 0 amide bonds. The third-order valence-corrected chi connectivity index (χ3v) is 7.81. The minimum atomic E-state index is 1.09. The van der Waals surface area contributed by atoms with Crippen molar-refractivity contribution in [3.05, 3.63) is 150 Å². The molecule has 0 bridgehead atoms. The zero-order valence-electron chi connectivity index (χ0n) is 20.7. The van der Waals surface area contributed by atoms with E-state index in [1.165, 1.54) is 49.1 Å². The van der Waals surface area contributed by atoms with Gasteiger partial charge in [-0.2, -0.15) is 0 Å². The highest BCUT2D eigenvalue weighted by molar-refractivity contribution is 9.10. The van der Waals surface area contributed by atoms with Crippen molar-refractivity contribution in [1.82, 2.24) is 0 Å². The predicted octanol–water partition coefficient (Wildman–Crippen LogP) is 11.0. The van der Waals surface area contributed by atoms with Crippen LogP contribution in [-0.2, 0) is 0 Å². The topological polar surface area (TPSA) is 3.24 Å². The van der Waals surface area contributed by atoms with Crippen LogP contribution in [0.4, 0.5) is 17.1 Å². The molecule has 0 aromatic heterocycles. The van der Waals surface area contributed by atoms with Gasteiger partial charge in [0.15, 0.2) is 0 Å². The molecule has 0 saturated carbocycles. The van der Waals surface area contributed by atoms with Gasteiger partial charge in [0.05, 0.1) is 5.69 Å². The molecule has 0 aliphatic heterocycles. The van der Waals surface area contributed by atoms with Crippen LogP contribution in [0, 0.1) is 0 Å². The molecule has 0 atom stereocenters. The summed E-state index contributed by atoms with van der Waals surface area (Å²) in [4.78, 5) is 2.36. The highest BCUT2D eigenvalue weighted by atomic mass is 79.9. The summed E-state index contributed by atoms with van der Waals surface area (Å²) in [5, 5.41) is 7.48. The number of hydrogen-bond donors (Lipinski definition) is 0. The molecule has 180 valence electrons. The van der Waals surface area contributed by atoms with Crippen LogP contribution in [0.15, 0.2) is 150 Å². The normalized spacial score (nSPS) is 11.3. The molecule has 7 rings (SSSR count). The van der Waals surface area contributed by atoms with Crippen LogP contribution < -0.4 is 4.90 Å². The van der Waals surface area contributed by atoms with Gasteiger partial charge in [-0.1, -0.05) is 113 Å². The van der Waals surface area contributed by atoms with Crippen molar-refractivity contribution in [2.75, 3.05) is 4.90 Å². The molecule has 0 N–H and O–H groups in total. The van der Waals surface area contributed by atoms with E-state index < -0.39 is 0 Å². The second kappa shape index (κ2) is 9.48. The molecular formula is C36H24BrN. The van der Waals surface area contributed by atoms with Gasteiger partial charge >= 0.3 is 0 Å². The van der Waals surface area contributed by atoms with Crippen LogP contribution in [0.2, 0.25) is 0 Å². The van der Waals surface area contributed by atoms with Crippen LogP contribution in [-0.4, -0.2) is 0 Å². The average molecular weight is 550 g/mol. The zero-order chi connectivity index (χ0) is 25.5. The van der Waals surface area contributed by atoms with E-state index in [0.29, 0.717) is 0 Å². The van der Waals surface area contributed by atoms with Crippen LogP contribution in [0.25, 0.3) is 43.4 Å². The number of para-hydroxylation sites is 1. The van der Waals surface area contributed by atoms with Gasteiger partial charge in [-0.25, -0.2) is 0 Å². The largest absolute Gasteiger partial charge is 0.310 e. The number of nitrogens with zero attached hydrogens (tertiary/aromatic N) is 1. The van der Waals surface area contributed by atoms with E-state index in [9.17, 15) is 0 Å². The van der Waals surface area contributed by atoms with Gasteiger partial charge in [0.25, 0.3) is 0 Å². The monoisotopic (exact) mass is 549 g/mol. The van der Waals surface area contributed by atoms with E-state index in [0.717, 1.165) is 15.8 Å². The number of fused-ring (bicyclic) bond motifs is 4. The molecule has 7 aromatic rings. The van der Waals surface area contributed by atoms with Crippen molar-refractivity contribution in [1.29, 1.82) is 0 Å². The van der Waals surface area contributed by atoms with Crippen LogP contribution in [0.5, 0.6) is 0 Å². The molecule has 0 aliphatic rings. The van der Waals surface area contributed by atoms with Crippen molar-refractivity contribution < 1.29 is 0 Å². The maximum Gasteiger partial charge on any atom is 0.0540 e. The number of rotatable bonds is 4. The van der Waals surface area contributed by atoms with Gasteiger partial charge in [-0.3, -0.25) is 0 Å². The molecule has 0 radical (unpaired) electrons. The summed E-state index contributed by atoms with van der Waals surface area (Å²) < 4.78 is 1.09. The van der Waals surface area contributed by atoms with Gasteiger partial charge in [0, 0.05) is 21.2 Å². The van der Waals surface area contributed by atoms with Crippen LogP contribution >= 0.6 is 15.9 Å². The van der Waals surface area contributed by atoms with Crippen LogP contribution in [0.1, 0.15) is 0 Å². The van der Waals surface area contributed by atoms with Crippen LogP contribution in [0.3, 0.4) is 0 Å². The molecule has 0 fully saturated rings.